The highest BCUT2D eigenvalue weighted by atomic mass is 32.1. The Balaban J connectivity index is 1.82. The lowest BCUT2D eigenvalue weighted by Crippen LogP contribution is -2.04. The number of hydrogen-bond donors (Lipinski definition) is 1. The molecule has 0 aliphatic carbocycles. The molecule has 2 aromatic heterocycles. The molecular weight excluding hydrogens is 304 g/mol. The molecule has 2 N–H and O–H groups in total. The minimum absolute atomic E-state index is 0.169. The number of anilines is 1. The number of carbonyl (C=O) groups is 1. The molecule has 112 valence electrons. The van der Waals surface area contributed by atoms with Gasteiger partial charge in [0.2, 0.25) is 5.13 Å². The number of benzene rings is 1. The Kier molecular flexibility index (Phi) is 3.79. The standard InChI is InChI=1S/C13H12N6O2S/c1-2-21-12(20)10-7-19(18-15-10)9-5-3-8(4-6-9)11-16-17-13(14)22-11/h3-7H,2H2,1H3,(H2,14,17). The Morgan fingerprint density at radius 2 is 2.05 bits per heavy atom. The fourth-order valence-electron chi connectivity index (χ4n) is 1.80. The largest absolute Gasteiger partial charge is 0.461 e. The summed E-state index contributed by atoms with van der Waals surface area (Å²) in [5.41, 5.74) is 7.41. The van der Waals surface area contributed by atoms with E-state index >= 15 is 0 Å². The molecular formula is C13H12N6O2S. The van der Waals surface area contributed by atoms with Crippen LogP contribution in [-0.4, -0.2) is 37.8 Å². The summed E-state index contributed by atoms with van der Waals surface area (Å²) >= 11 is 1.32. The first-order valence-electron chi connectivity index (χ1n) is 6.46. The number of nitrogen functional groups attached to an aromatic ring is 1. The summed E-state index contributed by atoms with van der Waals surface area (Å²) in [6.07, 6.45) is 1.52. The van der Waals surface area contributed by atoms with E-state index in [4.69, 9.17) is 10.5 Å². The molecule has 0 aliphatic heterocycles. The maximum Gasteiger partial charge on any atom is 0.360 e. The molecule has 8 nitrogen and oxygen atoms in total. The third-order valence-corrected chi connectivity index (χ3v) is 3.60. The van der Waals surface area contributed by atoms with Gasteiger partial charge in [-0.15, -0.1) is 15.3 Å². The lowest BCUT2D eigenvalue weighted by molar-refractivity contribution is 0.0519. The average Bonchev–Trinajstić information content (AvgIpc) is 3.17. The smallest absolute Gasteiger partial charge is 0.360 e. The number of hydrogen-bond acceptors (Lipinski definition) is 8. The average molecular weight is 316 g/mol. The van der Waals surface area contributed by atoms with E-state index in [1.54, 1.807) is 6.92 Å². The van der Waals surface area contributed by atoms with Crippen molar-refractivity contribution in [3.63, 3.8) is 0 Å². The number of rotatable bonds is 4. The van der Waals surface area contributed by atoms with Crippen LogP contribution in [0.5, 0.6) is 0 Å². The van der Waals surface area contributed by atoms with Crippen molar-refractivity contribution in [2.75, 3.05) is 12.3 Å². The van der Waals surface area contributed by atoms with E-state index in [1.165, 1.54) is 22.2 Å². The Bertz CT molecular complexity index is 795. The predicted octanol–water partition coefficient (Wildman–Crippen LogP) is 1.54. The summed E-state index contributed by atoms with van der Waals surface area (Å²) in [7, 11) is 0. The zero-order valence-corrected chi connectivity index (χ0v) is 12.4. The highest BCUT2D eigenvalue weighted by Gasteiger charge is 2.12. The van der Waals surface area contributed by atoms with Gasteiger partial charge in [0.15, 0.2) is 5.69 Å². The lowest BCUT2D eigenvalue weighted by atomic mass is 10.2. The number of nitrogens with two attached hydrogens (primary N) is 1. The minimum atomic E-state index is -0.491. The second-order valence-electron chi connectivity index (χ2n) is 4.26. The molecule has 0 saturated heterocycles. The van der Waals surface area contributed by atoms with E-state index in [0.29, 0.717) is 11.7 Å². The van der Waals surface area contributed by atoms with E-state index in [0.717, 1.165) is 16.3 Å². The Morgan fingerprint density at radius 1 is 1.27 bits per heavy atom. The summed E-state index contributed by atoms with van der Waals surface area (Å²) in [4.78, 5) is 11.6. The zero-order chi connectivity index (χ0) is 15.5. The molecule has 22 heavy (non-hydrogen) atoms. The monoisotopic (exact) mass is 316 g/mol. The van der Waals surface area contributed by atoms with Crippen LogP contribution in [0, 0.1) is 0 Å². The minimum Gasteiger partial charge on any atom is -0.461 e. The van der Waals surface area contributed by atoms with Gasteiger partial charge in [-0.05, 0) is 31.2 Å². The second kappa shape index (κ2) is 5.90. The van der Waals surface area contributed by atoms with E-state index < -0.39 is 5.97 Å². The summed E-state index contributed by atoms with van der Waals surface area (Å²) in [5.74, 6) is -0.491. The summed E-state index contributed by atoms with van der Waals surface area (Å²) in [6.45, 7) is 2.03. The molecule has 2 heterocycles. The Hall–Kier alpha value is -2.81. The first-order valence-corrected chi connectivity index (χ1v) is 7.28. The number of carbonyl (C=O) groups excluding carboxylic acids is 1. The Morgan fingerprint density at radius 3 is 2.68 bits per heavy atom. The van der Waals surface area contributed by atoms with Crippen molar-refractivity contribution in [3.05, 3.63) is 36.2 Å². The van der Waals surface area contributed by atoms with Gasteiger partial charge in [-0.2, -0.15) is 0 Å². The second-order valence-corrected chi connectivity index (χ2v) is 5.27. The van der Waals surface area contributed by atoms with Crippen LogP contribution < -0.4 is 5.73 Å². The molecule has 1 aromatic carbocycles. The fourth-order valence-corrected chi connectivity index (χ4v) is 2.41. The van der Waals surface area contributed by atoms with Crippen LogP contribution in [0.2, 0.25) is 0 Å². The van der Waals surface area contributed by atoms with Gasteiger partial charge >= 0.3 is 5.97 Å². The van der Waals surface area contributed by atoms with Gasteiger partial charge in [0.05, 0.1) is 18.5 Å². The van der Waals surface area contributed by atoms with Crippen molar-refractivity contribution in [2.24, 2.45) is 0 Å². The molecule has 0 radical (unpaired) electrons. The highest BCUT2D eigenvalue weighted by molar-refractivity contribution is 7.18. The normalized spacial score (nSPS) is 10.6. The third kappa shape index (κ3) is 2.79. The first-order chi connectivity index (χ1) is 10.7. The number of esters is 1. The van der Waals surface area contributed by atoms with Crippen molar-refractivity contribution in [1.29, 1.82) is 0 Å². The van der Waals surface area contributed by atoms with Gasteiger partial charge < -0.3 is 10.5 Å². The first kappa shape index (κ1) is 14.1. The molecule has 0 spiro atoms. The summed E-state index contributed by atoms with van der Waals surface area (Å²) in [5, 5.41) is 16.6. The van der Waals surface area contributed by atoms with Crippen LogP contribution in [0.3, 0.4) is 0 Å². The van der Waals surface area contributed by atoms with Gasteiger partial charge in [0.1, 0.15) is 5.01 Å². The van der Waals surface area contributed by atoms with Crippen LogP contribution in [0.15, 0.2) is 30.5 Å². The van der Waals surface area contributed by atoms with Crippen LogP contribution in [0.1, 0.15) is 17.4 Å². The van der Waals surface area contributed by atoms with Crippen LogP contribution in [0.25, 0.3) is 16.3 Å². The molecule has 3 rings (SSSR count). The van der Waals surface area contributed by atoms with Crippen LogP contribution >= 0.6 is 11.3 Å². The van der Waals surface area contributed by atoms with E-state index in [-0.39, 0.29) is 5.69 Å². The summed E-state index contributed by atoms with van der Waals surface area (Å²) in [6, 6.07) is 7.44. The molecule has 0 aliphatic rings. The zero-order valence-electron chi connectivity index (χ0n) is 11.6. The van der Waals surface area contributed by atoms with Gasteiger partial charge in [-0.1, -0.05) is 16.6 Å². The number of ether oxygens (including phenoxy) is 1. The molecule has 0 unspecified atom stereocenters. The van der Waals surface area contributed by atoms with Crippen molar-refractivity contribution in [2.45, 2.75) is 6.92 Å². The Labute approximate surface area is 129 Å². The molecule has 0 atom stereocenters. The van der Waals surface area contributed by atoms with Crippen molar-refractivity contribution in [1.82, 2.24) is 25.2 Å². The third-order valence-electron chi connectivity index (χ3n) is 2.80. The number of aromatic nitrogens is 5. The van der Waals surface area contributed by atoms with Crippen molar-refractivity contribution >= 4 is 22.4 Å². The molecule has 9 heteroatoms. The number of nitrogens with zero attached hydrogens (tertiary/aromatic N) is 5. The maximum atomic E-state index is 11.6. The molecule has 0 bridgehead atoms. The lowest BCUT2D eigenvalue weighted by Gasteiger charge is -2.01. The molecule has 0 fully saturated rings. The van der Waals surface area contributed by atoms with E-state index in [1.807, 2.05) is 24.3 Å². The SMILES string of the molecule is CCOC(=O)c1cn(-c2ccc(-c3nnc(N)s3)cc2)nn1. The molecule has 3 aromatic rings. The van der Waals surface area contributed by atoms with E-state index in [2.05, 4.69) is 20.5 Å². The van der Waals surface area contributed by atoms with Gasteiger partial charge in [0.25, 0.3) is 0 Å². The highest BCUT2D eigenvalue weighted by Crippen LogP contribution is 2.25. The van der Waals surface area contributed by atoms with Gasteiger partial charge in [-0.3, -0.25) is 0 Å². The van der Waals surface area contributed by atoms with Crippen molar-refractivity contribution in [3.8, 4) is 16.3 Å². The van der Waals surface area contributed by atoms with Crippen LogP contribution in [-0.2, 0) is 4.74 Å². The topological polar surface area (TPSA) is 109 Å². The quantitative estimate of drug-likeness (QED) is 0.727. The predicted molar refractivity (Wildman–Crippen MR) is 80.6 cm³/mol. The van der Waals surface area contributed by atoms with Crippen LogP contribution in [0.4, 0.5) is 5.13 Å². The maximum absolute atomic E-state index is 11.6. The molecule has 0 amide bonds. The van der Waals surface area contributed by atoms with E-state index in [9.17, 15) is 4.79 Å². The van der Waals surface area contributed by atoms with Gasteiger partial charge in [0, 0.05) is 5.56 Å². The molecule has 0 saturated carbocycles. The summed E-state index contributed by atoms with van der Waals surface area (Å²) < 4.78 is 6.38. The van der Waals surface area contributed by atoms with Crippen molar-refractivity contribution < 1.29 is 9.53 Å². The fraction of sp³-hybridized carbons (Fsp3) is 0.154. The van der Waals surface area contributed by atoms with Gasteiger partial charge in [-0.25, -0.2) is 9.48 Å².